The van der Waals surface area contributed by atoms with E-state index in [0.29, 0.717) is 10.4 Å². The van der Waals surface area contributed by atoms with Gasteiger partial charge in [0, 0.05) is 46.5 Å². The largest absolute Gasteiger partial charge is 0.481 e. The maximum atomic E-state index is 12.7. The number of carboxylic acid groups (broad SMARTS) is 1. The Hall–Kier alpha value is -4.33. The first-order chi connectivity index (χ1) is 18.8. The van der Waals surface area contributed by atoms with Crippen LogP contribution < -0.4 is 5.56 Å². The lowest BCUT2D eigenvalue weighted by atomic mass is 9.93. The standard InChI is InChI=1S/C31H22ClN3O3S/c1-17-13-26-29(28(23(17)16-27(36)37)19-5-7-22(32)8-6-19)39-30(34-26)21-9-11-33-25(15-21)20-4-3-18-10-12-35(2)31(38)24(18)14-20/h3-15H,16H2,1-2H3,(H,36,37). The summed E-state index contributed by atoms with van der Waals surface area (Å²) in [5.41, 5.74) is 6.62. The first-order valence-corrected chi connectivity index (χ1v) is 13.4. The number of fused-ring (bicyclic) bond motifs is 2. The van der Waals surface area contributed by atoms with Gasteiger partial charge in [0.2, 0.25) is 0 Å². The number of hydrogen-bond donors (Lipinski definition) is 1. The van der Waals surface area contributed by atoms with Gasteiger partial charge in [-0.05, 0) is 71.5 Å². The second-order valence-corrected chi connectivity index (χ2v) is 10.9. The fourth-order valence-corrected chi connectivity index (χ4v) is 6.14. The summed E-state index contributed by atoms with van der Waals surface area (Å²) in [5.74, 6) is -0.888. The molecule has 0 amide bonds. The molecule has 0 spiro atoms. The number of aromatic nitrogens is 3. The van der Waals surface area contributed by atoms with Crippen LogP contribution in [0.1, 0.15) is 11.1 Å². The average molecular weight is 552 g/mol. The third-order valence-corrected chi connectivity index (χ3v) is 8.25. The highest BCUT2D eigenvalue weighted by atomic mass is 35.5. The molecule has 6 rings (SSSR count). The Morgan fingerprint density at radius 1 is 1.00 bits per heavy atom. The number of halogens is 1. The number of pyridine rings is 2. The van der Waals surface area contributed by atoms with Crippen LogP contribution in [0.4, 0.5) is 0 Å². The molecular weight excluding hydrogens is 530 g/mol. The lowest BCUT2D eigenvalue weighted by Crippen LogP contribution is -2.15. The lowest BCUT2D eigenvalue weighted by molar-refractivity contribution is -0.136. The maximum absolute atomic E-state index is 12.7. The van der Waals surface area contributed by atoms with Crippen molar-refractivity contribution in [1.82, 2.24) is 14.5 Å². The van der Waals surface area contributed by atoms with Gasteiger partial charge in [-0.15, -0.1) is 11.3 Å². The molecule has 0 atom stereocenters. The molecule has 3 aromatic heterocycles. The molecule has 0 aliphatic heterocycles. The van der Waals surface area contributed by atoms with Crippen LogP contribution in [0.25, 0.3) is 53.9 Å². The van der Waals surface area contributed by atoms with Gasteiger partial charge in [0.05, 0.1) is 22.3 Å². The van der Waals surface area contributed by atoms with E-state index in [1.54, 1.807) is 24.0 Å². The van der Waals surface area contributed by atoms with Crippen molar-refractivity contribution < 1.29 is 9.90 Å². The maximum Gasteiger partial charge on any atom is 0.307 e. The molecule has 3 aromatic carbocycles. The van der Waals surface area contributed by atoms with Crippen molar-refractivity contribution in [1.29, 1.82) is 0 Å². The normalized spacial score (nSPS) is 11.4. The molecule has 0 unspecified atom stereocenters. The van der Waals surface area contributed by atoms with Crippen LogP contribution in [0.2, 0.25) is 5.02 Å². The fraction of sp³-hybridized carbons (Fsp3) is 0.0968. The van der Waals surface area contributed by atoms with Crippen molar-refractivity contribution in [2.75, 3.05) is 0 Å². The van der Waals surface area contributed by atoms with Crippen molar-refractivity contribution in [3.05, 3.63) is 106 Å². The van der Waals surface area contributed by atoms with Gasteiger partial charge < -0.3 is 9.67 Å². The number of rotatable bonds is 5. The molecule has 0 bridgehead atoms. The van der Waals surface area contributed by atoms with E-state index in [1.165, 1.54) is 11.3 Å². The van der Waals surface area contributed by atoms with Crippen LogP contribution in [-0.4, -0.2) is 25.6 Å². The number of carboxylic acids is 1. The van der Waals surface area contributed by atoms with Gasteiger partial charge in [-0.1, -0.05) is 35.9 Å². The number of hydrogen-bond acceptors (Lipinski definition) is 5. The van der Waals surface area contributed by atoms with Crippen LogP contribution in [0.5, 0.6) is 0 Å². The highest BCUT2D eigenvalue weighted by Crippen LogP contribution is 2.41. The predicted molar refractivity (Wildman–Crippen MR) is 158 cm³/mol. The SMILES string of the molecule is Cc1cc2nc(-c3ccnc(-c4ccc5ccn(C)c(=O)c5c4)c3)sc2c(-c2ccc(Cl)cc2)c1CC(=O)O. The molecule has 8 heteroatoms. The Labute approximate surface area is 232 Å². The summed E-state index contributed by atoms with van der Waals surface area (Å²) < 4.78 is 2.48. The van der Waals surface area contributed by atoms with Crippen LogP contribution in [0, 0.1) is 6.92 Å². The molecule has 0 saturated carbocycles. The Morgan fingerprint density at radius 3 is 2.54 bits per heavy atom. The predicted octanol–water partition coefficient (Wildman–Crippen LogP) is 7.13. The highest BCUT2D eigenvalue weighted by molar-refractivity contribution is 7.22. The van der Waals surface area contributed by atoms with Crippen LogP contribution >= 0.6 is 22.9 Å². The molecule has 6 nitrogen and oxygen atoms in total. The van der Waals surface area contributed by atoms with E-state index in [9.17, 15) is 14.7 Å². The number of nitrogens with zero attached hydrogens (tertiary/aromatic N) is 3. The second kappa shape index (κ2) is 9.76. The van der Waals surface area contributed by atoms with Crippen molar-refractivity contribution in [3.63, 3.8) is 0 Å². The third-order valence-electron chi connectivity index (χ3n) is 6.86. The van der Waals surface area contributed by atoms with Gasteiger partial charge in [-0.3, -0.25) is 14.6 Å². The van der Waals surface area contributed by atoms with Gasteiger partial charge in [-0.2, -0.15) is 0 Å². The monoisotopic (exact) mass is 551 g/mol. The summed E-state index contributed by atoms with van der Waals surface area (Å²) in [4.78, 5) is 33.9. The smallest absolute Gasteiger partial charge is 0.307 e. The summed E-state index contributed by atoms with van der Waals surface area (Å²) in [6.07, 6.45) is 3.41. The Balaban J connectivity index is 1.50. The summed E-state index contributed by atoms with van der Waals surface area (Å²) >= 11 is 7.66. The van der Waals surface area contributed by atoms with Crippen molar-refractivity contribution in [3.8, 4) is 33.0 Å². The average Bonchev–Trinajstić information content (AvgIpc) is 3.35. The zero-order chi connectivity index (χ0) is 27.3. The summed E-state index contributed by atoms with van der Waals surface area (Å²) in [6.45, 7) is 1.92. The summed E-state index contributed by atoms with van der Waals surface area (Å²) in [7, 11) is 1.74. The number of aryl methyl sites for hydroxylation is 2. The number of thiazole rings is 1. The number of aliphatic carboxylic acids is 1. The first kappa shape index (κ1) is 25.0. The van der Waals surface area contributed by atoms with Crippen LogP contribution in [0.15, 0.2) is 83.9 Å². The van der Waals surface area contributed by atoms with Gasteiger partial charge in [0.1, 0.15) is 5.01 Å². The van der Waals surface area contributed by atoms with E-state index in [-0.39, 0.29) is 12.0 Å². The topological polar surface area (TPSA) is 85.1 Å². The van der Waals surface area contributed by atoms with E-state index in [0.717, 1.165) is 59.7 Å². The van der Waals surface area contributed by atoms with Crippen LogP contribution in [-0.2, 0) is 18.3 Å². The van der Waals surface area contributed by atoms with E-state index in [1.807, 2.05) is 73.7 Å². The van der Waals surface area contributed by atoms with Gasteiger partial charge in [0.25, 0.3) is 5.56 Å². The molecule has 3 heterocycles. The lowest BCUT2D eigenvalue weighted by Gasteiger charge is -2.13. The highest BCUT2D eigenvalue weighted by Gasteiger charge is 2.20. The van der Waals surface area contributed by atoms with E-state index in [4.69, 9.17) is 16.6 Å². The van der Waals surface area contributed by atoms with E-state index < -0.39 is 5.97 Å². The minimum atomic E-state index is -0.888. The molecule has 0 fully saturated rings. The molecule has 0 aliphatic carbocycles. The quantitative estimate of drug-likeness (QED) is 0.246. The molecule has 0 radical (unpaired) electrons. The Morgan fingerprint density at radius 2 is 1.77 bits per heavy atom. The van der Waals surface area contributed by atoms with Gasteiger partial charge in [0.15, 0.2) is 0 Å². The van der Waals surface area contributed by atoms with Gasteiger partial charge in [-0.25, -0.2) is 4.98 Å². The summed E-state index contributed by atoms with van der Waals surface area (Å²) in [5, 5.41) is 12.6. The second-order valence-electron chi connectivity index (χ2n) is 9.46. The fourth-order valence-electron chi connectivity index (χ4n) is 4.88. The molecule has 192 valence electrons. The van der Waals surface area contributed by atoms with Gasteiger partial charge >= 0.3 is 5.97 Å². The van der Waals surface area contributed by atoms with E-state index in [2.05, 4.69) is 4.98 Å². The molecule has 0 saturated heterocycles. The minimum absolute atomic E-state index is 0.0565. The molecule has 1 N–H and O–H groups in total. The minimum Gasteiger partial charge on any atom is -0.481 e. The van der Waals surface area contributed by atoms with Crippen molar-refractivity contribution >= 4 is 49.9 Å². The first-order valence-electron chi connectivity index (χ1n) is 12.3. The van der Waals surface area contributed by atoms with Crippen LogP contribution in [0.3, 0.4) is 0 Å². The number of carbonyl (C=O) groups is 1. The Bertz CT molecular complexity index is 1980. The molecule has 39 heavy (non-hydrogen) atoms. The van der Waals surface area contributed by atoms with Crippen molar-refractivity contribution in [2.24, 2.45) is 7.05 Å². The zero-order valence-electron chi connectivity index (χ0n) is 21.1. The molecule has 0 aliphatic rings. The van der Waals surface area contributed by atoms with Crippen molar-refractivity contribution in [2.45, 2.75) is 13.3 Å². The van der Waals surface area contributed by atoms with E-state index >= 15 is 0 Å². The summed E-state index contributed by atoms with van der Waals surface area (Å²) in [6, 6.07) is 21.0. The zero-order valence-corrected chi connectivity index (χ0v) is 22.7. The molecule has 6 aromatic rings. The number of benzene rings is 3. The Kier molecular flexibility index (Phi) is 6.25. The third kappa shape index (κ3) is 4.60. The molecular formula is C31H22ClN3O3S.